The molecule has 1 aromatic carbocycles. The molecule has 1 heterocycles. The normalized spacial score (nSPS) is 11.1. The van der Waals surface area contributed by atoms with E-state index in [0.29, 0.717) is 22.6 Å². The van der Waals surface area contributed by atoms with E-state index in [0.717, 1.165) is 24.4 Å². The standard InChI is InChI=1S/C22H25N3O4/c1-5-8-25-14(2)9-18(15(25)3)22(27)17(12-23)10-16-6-7-19(28-4)20(11-16)29-13-21(24)26/h6-7,9-11H,5,8,13H2,1-4H3,(H2,24,26). The second kappa shape index (κ2) is 9.60. The van der Waals surface area contributed by atoms with Crippen LogP contribution in [0, 0.1) is 25.2 Å². The maximum atomic E-state index is 13.0. The molecule has 7 nitrogen and oxygen atoms in total. The van der Waals surface area contributed by atoms with Gasteiger partial charge in [0.2, 0.25) is 5.78 Å². The fourth-order valence-corrected chi connectivity index (χ4v) is 3.10. The first-order valence-electron chi connectivity index (χ1n) is 9.24. The zero-order chi connectivity index (χ0) is 21.6. The number of ether oxygens (including phenoxy) is 2. The molecule has 1 aromatic heterocycles. The summed E-state index contributed by atoms with van der Waals surface area (Å²) in [5, 5.41) is 9.57. The number of carbonyl (C=O) groups is 2. The van der Waals surface area contributed by atoms with E-state index in [1.807, 2.05) is 26.0 Å². The number of nitrogens with zero attached hydrogens (tertiary/aromatic N) is 2. The number of hydrogen-bond donors (Lipinski definition) is 1. The van der Waals surface area contributed by atoms with Crippen molar-refractivity contribution in [3.63, 3.8) is 0 Å². The first-order valence-corrected chi connectivity index (χ1v) is 9.24. The van der Waals surface area contributed by atoms with Crippen LogP contribution in [0.1, 0.15) is 40.7 Å². The number of hydrogen-bond acceptors (Lipinski definition) is 5. The number of nitrogens with two attached hydrogens (primary N) is 1. The number of Topliss-reactive ketones (excluding diaryl/α,β-unsaturated/α-hetero) is 1. The van der Waals surface area contributed by atoms with Gasteiger partial charge in [0.1, 0.15) is 11.6 Å². The zero-order valence-corrected chi connectivity index (χ0v) is 17.1. The molecular formula is C22H25N3O4. The smallest absolute Gasteiger partial charge is 0.255 e. The number of aromatic nitrogens is 1. The van der Waals surface area contributed by atoms with Crippen LogP contribution in [-0.2, 0) is 11.3 Å². The summed E-state index contributed by atoms with van der Waals surface area (Å²) in [7, 11) is 1.47. The van der Waals surface area contributed by atoms with E-state index in [-0.39, 0.29) is 18.0 Å². The molecule has 0 radical (unpaired) electrons. The summed E-state index contributed by atoms with van der Waals surface area (Å²) in [6, 6.07) is 8.72. The molecule has 152 valence electrons. The van der Waals surface area contributed by atoms with Crippen LogP contribution in [-0.4, -0.2) is 30.0 Å². The lowest BCUT2D eigenvalue weighted by Crippen LogP contribution is -2.20. The molecule has 0 saturated heterocycles. The monoisotopic (exact) mass is 395 g/mol. The highest BCUT2D eigenvalue weighted by Gasteiger charge is 2.19. The molecule has 0 aliphatic carbocycles. The van der Waals surface area contributed by atoms with E-state index in [1.165, 1.54) is 13.2 Å². The topological polar surface area (TPSA) is 107 Å². The molecule has 0 fully saturated rings. The minimum atomic E-state index is -0.622. The molecule has 2 rings (SSSR count). The molecule has 0 atom stereocenters. The summed E-state index contributed by atoms with van der Waals surface area (Å²) in [6.45, 7) is 6.41. The summed E-state index contributed by atoms with van der Waals surface area (Å²) < 4.78 is 12.6. The summed E-state index contributed by atoms with van der Waals surface area (Å²) in [6.07, 6.45) is 2.44. The van der Waals surface area contributed by atoms with E-state index >= 15 is 0 Å². The Hall–Kier alpha value is -3.53. The van der Waals surface area contributed by atoms with Crippen LogP contribution in [0.3, 0.4) is 0 Å². The van der Waals surface area contributed by atoms with E-state index in [1.54, 1.807) is 18.2 Å². The molecule has 0 spiro atoms. The van der Waals surface area contributed by atoms with Crippen LogP contribution in [0.15, 0.2) is 29.8 Å². The molecule has 0 bridgehead atoms. The van der Waals surface area contributed by atoms with Crippen molar-refractivity contribution in [2.75, 3.05) is 13.7 Å². The molecule has 29 heavy (non-hydrogen) atoms. The van der Waals surface area contributed by atoms with Crippen LogP contribution in [0.4, 0.5) is 0 Å². The predicted octanol–water partition coefficient (Wildman–Crippen LogP) is 3.18. The van der Waals surface area contributed by atoms with Crippen molar-refractivity contribution in [2.45, 2.75) is 33.7 Å². The Kier molecular flexibility index (Phi) is 7.21. The number of primary amides is 1. The largest absolute Gasteiger partial charge is 0.493 e. The lowest BCUT2D eigenvalue weighted by molar-refractivity contribution is -0.119. The second-order valence-electron chi connectivity index (χ2n) is 6.60. The number of benzene rings is 1. The van der Waals surface area contributed by atoms with E-state index < -0.39 is 5.91 Å². The molecule has 7 heteroatoms. The highest BCUT2D eigenvalue weighted by molar-refractivity contribution is 6.14. The molecule has 0 saturated carbocycles. The highest BCUT2D eigenvalue weighted by atomic mass is 16.5. The maximum Gasteiger partial charge on any atom is 0.255 e. The second-order valence-corrected chi connectivity index (χ2v) is 6.60. The van der Waals surface area contributed by atoms with E-state index in [4.69, 9.17) is 15.2 Å². The molecule has 2 aromatic rings. The van der Waals surface area contributed by atoms with Gasteiger partial charge in [-0.25, -0.2) is 0 Å². The number of allylic oxidation sites excluding steroid dienone is 1. The average molecular weight is 395 g/mol. The predicted molar refractivity (Wildman–Crippen MR) is 110 cm³/mol. The van der Waals surface area contributed by atoms with Gasteiger partial charge in [0, 0.05) is 23.5 Å². The quantitative estimate of drug-likeness (QED) is 0.399. The maximum absolute atomic E-state index is 13.0. The van der Waals surface area contributed by atoms with E-state index in [2.05, 4.69) is 11.5 Å². The van der Waals surface area contributed by atoms with Crippen molar-refractivity contribution >= 4 is 17.8 Å². The van der Waals surface area contributed by atoms with Gasteiger partial charge in [0.05, 0.1) is 7.11 Å². The number of rotatable bonds is 9. The zero-order valence-electron chi connectivity index (χ0n) is 17.1. The van der Waals surface area contributed by atoms with Gasteiger partial charge in [-0.3, -0.25) is 9.59 Å². The Balaban J connectivity index is 2.40. The van der Waals surface area contributed by atoms with Crippen molar-refractivity contribution in [1.82, 2.24) is 4.57 Å². The van der Waals surface area contributed by atoms with Gasteiger partial charge in [-0.05, 0) is 50.1 Å². The lowest BCUT2D eigenvalue weighted by Gasteiger charge is -2.10. The first-order chi connectivity index (χ1) is 13.8. The molecule has 2 N–H and O–H groups in total. The highest BCUT2D eigenvalue weighted by Crippen LogP contribution is 2.29. The van der Waals surface area contributed by atoms with Gasteiger partial charge < -0.3 is 19.8 Å². The Morgan fingerprint density at radius 3 is 2.55 bits per heavy atom. The first kappa shape index (κ1) is 21.8. The van der Waals surface area contributed by atoms with Crippen LogP contribution < -0.4 is 15.2 Å². The SMILES string of the molecule is CCCn1c(C)cc(C(=O)C(C#N)=Cc2ccc(OC)c(OCC(N)=O)c2)c1C. The Morgan fingerprint density at radius 2 is 1.97 bits per heavy atom. The number of nitriles is 1. The van der Waals surface area contributed by atoms with Crippen LogP contribution in [0.25, 0.3) is 6.08 Å². The third kappa shape index (κ3) is 5.05. The minimum absolute atomic E-state index is 0.00719. The number of methoxy groups -OCH3 is 1. The van der Waals surface area contributed by atoms with Gasteiger partial charge in [-0.15, -0.1) is 0 Å². The van der Waals surface area contributed by atoms with Gasteiger partial charge >= 0.3 is 0 Å². The number of carbonyl (C=O) groups excluding carboxylic acids is 2. The summed E-state index contributed by atoms with van der Waals surface area (Å²) in [4.78, 5) is 24.0. The fourth-order valence-electron chi connectivity index (χ4n) is 3.10. The van der Waals surface area contributed by atoms with Gasteiger partial charge in [0.15, 0.2) is 18.1 Å². The Bertz CT molecular complexity index is 996. The van der Waals surface area contributed by atoms with Crippen molar-refractivity contribution in [1.29, 1.82) is 5.26 Å². The summed E-state index contributed by atoms with van der Waals surface area (Å²) in [5.74, 6) is -0.246. The summed E-state index contributed by atoms with van der Waals surface area (Å²) in [5.41, 5.74) is 8.04. The van der Waals surface area contributed by atoms with Crippen LogP contribution >= 0.6 is 0 Å². The third-order valence-electron chi connectivity index (χ3n) is 4.50. The van der Waals surface area contributed by atoms with E-state index in [9.17, 15) is 14.9 Å². The molecule has 0 aliphatic rings. The van der Waals surface area contributed by atoms with Crippen molar-refractivity contribution in [3.05, 3.63) is 52.4 Å². The van der Waals surface area contributed by atoms with Gasteiger partial charge in [0.25, 0.3) is 5.91 Å². The number of aryl methyl sites for hydroxylation is 1. The van der Waals surface area contributed by atoms with Crippen LogP contribution in [0.2, 0.25) is 0 Å². The molecule has 0 aliphatic heterocycles. The van der Waals surface area contributed by atoms with Gasteiger partial charge in [-0.2, -0.15) is 5.26 Å². The Morgan fingerprint density at radius 1 is 1.24 bits per heavy atom. The van der Waals surface area contributed by atoms with Gasteiger partial charge in [-0.1, -0.05) is 13.0 Å². The van der Waals surface area contributed by atoms with Crippen molar-refractivity contribution in [3.8, 4) is 17.6 Å². The average Bonchev–Trinajstić information content (AvgIpc) is 2.98. The third-order valence-corrected chi connectivity index (χ3v) is 4.50. The fraction of sp³-hybridized carbons (Fsp3) is 0.318. The molecule has 1 amide bonds. The summed E-state index contributed by atoms with van der Waals surface area (Å²) >= 11 is 0. The van der Waals surface area contributed by atoms with Crippen LogP contribution in [0.5, 0.6) is 11.5 Å². The Labute approximate surface area is 170 Å². The van der Waals surface area contributed by atoms with Crippen molar-refractivity contribution < 1.29 is 19.1 Å². The molecular weight excluding hydrogens is 370 g/mol. The molecule has 0 unspecified atom stereocenters. The minimum Gasteiger partial charge on any atom is -0.493 e. The number of amides is 1. The van der Waals surface area contributed by atoms with Crippen molar-refractivity contribution in [2.24, 2.45) is 5.73 Å². The lowest BCUT2D eigenvalue weighted by atomic mass is 10.0. The number of ketones is 1.